The van der Waals surface area contributed by atoms with Crippen LogP contribution >= 0.6 is 0 Å². The molecule has 0 radical (unpaired) electrons. The fourth-order valence-corrected chi connectivity index (χ4v) is 2.94. The summed E-state index contributed by atoms with van der Waals surface area (Å²) >= 11 is 0. The van der Waals surface area contributed by atoms with Crippen LogP contribution in [-0.2, 0) is 9.53 Å². The molecule has 154 valence electrons. The zero-order valence-corrected chi connectivity index (χ0v) is 16.9. The monoisotopic (exact) mass is 407 g/mol. The molecule has 6 heteroatoms. The molecule has 0 unspecified atom stereocenters. The molecule has 1 N–H and O–H groups in total. The number of hydrogen-bond donors (Lipinski definition) is 1. The second-order valence-corrected chi connectivity index (χ2v) is 6.85. The van der Waals surface area contributed by atoms with Gasteiger partial charge in [0.1, 0.15) is 0 Å². The van der Waals surface area contributed by atoms with Crippen molar-refractivity contribution < 1.29 is 23.5 Å². The van der Waals surface area contributed by atoms with Crippen LogP contribution in [0.1, 0.15) is 33.2 Å². The van der Waals surface area contributed by atoms with Crippen LogP contribution < -0.4 is 10.1 Å². The van der Waals surface area contributed by atoms with Gasteiger partial charge in [-0.1, -0.05) is 42.5 Å². The Morgan fingerprint density at radius 3 is 2.37 bits per heavy atom. The summed E-state index contributed by atoms with van der Waals surface area (Å²) in [5.74, 6) is -2.00. The molecule has 0 saturated carbocycles. The molecule has 0 fully saturated rings. The molecule has 30 heavy (non-hydrogen) atoms. The molecule has 0 aliphatic rings. The number of nitrogens with one attached hydrogen (secondary N) is 1. The maximum absolute atomic E-state index is 14.0. The molecular weight excluding hydrogens is 385 g/mol. The molecule has 0 aliphatic carbocycles. The molecule has 0 saturated heterocycles. The van der Waals surface area contributed by atoms with E-state index < -0.39 is 23.8 Å². The third-order valence-corrected chi connectivity index (χ3v) is 4.60. The Hall–Kier alpha value is -3.67. The molecule has 0 spiro atoms. The fraction of sp³-hybridized carbons (Fsp3) is 0.167. The zero-order valence-electron chi connectivity index (χ0n) is 16.9. The highest BCUT2D eigenvalue weighted by molar-refractivity contribution is 5.98. The van der Waals surface area contributed by atoms with E-state index in [9.17, 15) is 14.0 Å². The maximum atomic E-state index is 14.0. The van der Waals surface area contributed by atoms with Gasteiger partial charge in [0.05, 0.1) is 12.7 Å². The van der Waals surface area contributed by atoms with Gasteiger partial charge in [-0.25, -0.2) is 9.18 Å². The Morgan fingerprint density at radius 2 is 1.70 bits per heavy atom. The number of amides is 1. The van der Waals surface area contributed by atoms with Crippen molar-refractivity contribution >= 4 is 17.6 Å². The quantitative estimate of drug-likeness (QED) is 0.585. The topological polar surface area (TPSA) is 64.6 Å². The van der Waals surface area contributed by atoms with Crippen LogP contribution in [0.3, 0.4) is 0 Å². The number of esters is 1. The first kappa shape index (κ1) is 21.0. The van der Waals surface area contributed by atoms with E-state index in [1.54, 1.807) is 30.3 Å². The van der Waals surface area contributed by atoms with Gasteiger partial charge in [-0.05, 0) is 49.2 Å². The Kier molecular flexibility index (Phi) is 6.47. The number of anilines is 1. The zero-order chi connectivity index (χ0) is 21.7. The van der Waals surface area contributed by atoms with E-state index in [1.807, 2.05) is 32.0 Å². The van der Waals surface area contributed by atoms with E-state index in [0.717, 1.165) is 17.2 Å². The molecule has 0 bridgehead atoms. The normalized spacial score (nSPS) is 11.5. The average Bonchev–Trinajstić information content (AvgIpc) is 2.74. The third-order valence-electron chi connectivity index (χ3n) is 4.60. The third kappa shape index (κ3) is 4.84. The largest absolute Gasteiger partial charge is 0.494 e. The summed E-state index contributed by atoms with van der Waals surface area (Å²) in [4.78, 5) is 25.7. The van der Waals surface area contributed by atoms with Crippen molar-refractivity contribution in [2.45, 2.75) is 20.0 Å². The Labute approximate surface area is 174 Å². The van der Waals surface area contributed by atoms with Crippen molar-refractivity contribution in [3.05, 3.63) is 94.8 Å². The average molecular weight is 407 g/mol. The minimum absolute atomic E-state index is 0.0128. The second-order valence-electron chi connectivity index (χ2n) is 6.85. The molecule has 5 nitrogen and oxygen atoms in total. The highest BCUT2D eigenvalue weighted by Crippen LogP contribution is 2.25. The lowest BCUT2D eigenvalue weighted by Gasteiger charge is -2.19. The van der Waals surface area contributed by atoms with Gasteiger partial charge in [-0.2, -0.15) is 0 Å². The molecule has 1 amide bonds. The van der Waals surface area contributed by atoms with Crippen LogP contribution in [0.5, 0.6) is 5.75 Å². The summed E-state index contributed by atoms with van der Waals surface area (Å²) < 4.78 is 24.3. The summed E-state index contributed by atoms with van der Waals surface area (Å²) in [5.41, 5.74) is 2.98. The summed E-state index contributed by atoms with van der Waals surface area (Å²) in [6, 6.07) is 18.1. The Morgan fingerprint density at radius 1 is 0.967 bits per heavy atom. The van der Waals surface area contributed by atoms with Crippen LogP contribution in [0.4, 0.5) is 10.1 Å². The number of carbonyl (C=O) groups excluding carboxylic acids is 2. The van der Waals surface area contributed by atoms with Crippen molar-refractivity contribution in [2.75, 3.05) is 12.4 Å². The van der Waals surface area contributed by atoms with Crippen molar-refractivity contribution in [1.82, 2.24) is 0 Å². The second kappa shape index (κ2) is 9.22. The first-order chi connectivity index (χ1) is 14.4. The SMILES string of the molecule is COc1ccc(C(=O)O[C@H](C(=O)Nc2cc(C)ccc2C)c2ccccc2)cc1F. The van der Waals surface area contributed by atoms with E-state index >= 15 is 0 Å². The minimum atomic E-state index is -1.20. The molecule has 0 aliphatic heterocycles. The predicted molar refractivity (Wildman–Crippen MR) is 112 cm³/mol. The summed E-state index contributed by atoms with van der Waals surface area (Å²) in [7, 11) is 1.33. The number of carbonyl (C=O) groups is 2. The number of rotatable bonds is 6. The number of methoxy groups -OCH3 is 1. The van der Waals surface area contributed by atoms with E-state index in [0.29, 0.717) is 11.3 Å². The van der Waals surface area contributed by atoms with Crippen LogP contribution in [0.25, 0.3) is 0 Å². The van der Waals surface area contributed by atoms with E-state index in [2.05, 4.69) is 5.32 Å². The van der Waals surface area contributed by atoms with Crippen LogP contribution in [0, 0.1) is 19.7 Å². The molecule has 3 rings (SSSR count). The number of benzene rings is 3. The first-order valence-electron chi connectivity index (χ1n) is 9.36. The van der Waals surface area contributed by atoms with E-state index in [4.69, 9.17) is 9.47 Å². The van der Waals surface area contributed by atoms with Gasteiger partial charge >= 0.3 is 5.97 Å². The molecule has 3 aromatic carbocycles. The van der Waals surface area contributed by atoms with Crippen LogP contribution in [0.2, 0.25) is 0 Å². The van der Waals surface area contributed by atoms with Crippen molar-refractivity contribution in [3.63, 3.8) is 0 Å². The Bertz CT molecular complexity index is 1070. The van der Waals surface area contributed by atoms with Crippen LogP contribution in [0.15, 0.2) is 66.7 Å². The van der Waals surface area contributed by atoms with Crippen molar-refractivity contribution in [3.8, 4) is 5.75 Å². The van der Waals surface area contributed by atoms with E-state index in [1.165, 1.54) is 19.2 Å². The summed E-state index contributed by atoms with van der Waals surface area (Å²) in [5, 5.41) is 2.83. The van der Waals surface area contributed by atoms with Gasteiger partial charge in [0.25, 0.3) is 5.91 Å². The highest BCUT2D eigenvalue weighted by Gasteiger charge is 2.26. The van der Waals surface area contributed by atoms with Gasteiger partial charge < -0.3 is 14.8 Å². The lowest BCUT2D eigenvalue weighted by molar-refractivity contribution is -0.125. The molecular formula is C24H22FNO4. The highest BCUT2D eigenvalue weighted by atomic mass is 19.1. The molecule has 0 aromatic heterocycles. The molecule has 1 atom stereocenters. The lowest BCUT2D eigenvalue weighted by atomic mass is 10.1. The van der Waals surface area contributed by atoms with Gasteiger partial charge in [0.2, 0.25) is 6.10 Å². The lowest BCUT2D eigenvalue weighted by Crippen LogP contribution is -2.26. The molecule has 3 aromatic rings. The maximum Gasteiger partial charge on any atom is 0.339 e. The number of hydrogen-bond acceptors (Lipinski definition) is 4. The smallest absolute Gasteiger partial charge is 0.339 e. The summed E-state index contributed by atoms with van der Waals surface area (Å²) in [6.07, 6.45) is -1.20. The van der Waals surface area contributed by atoms with Gasteiger partial charge in [0.15, 0.2) is 11.6 Å². The van der Waals surface area contributed by atoms with Crippen molar-refractivity contribution in [2.24, 2.45) is 0 Å². The van der Waals surface area contributed by atoms with Crippen LogP contribution in [-0.4, -0.2) is 19.0 Å². The number of halogens is 1. The standard InChI is InChI=1S/C24H22FNO4/c1-15-9-10-16(2)20(13-15)26-23(27)22(17-7-5-4-6-8-17)30-24(28)18-11-12-21(29-3)19(25)14-18/h4-14,22H,1-3H3,(H,26,27)/t22-/m0/s1. The fourth-order valence-electron chi connectivity index (χ4n) is 2.94. The number of ether oxygens (including phenoxy) is 2. The van der Waals surface area contributed by atoms with Gasteiger partial charge in [-0.3, -0.25) is 4.79 Å². The van der Waals surface area contributed by atoms with Crippen molar-refractivity contribution in [1.29, 1.82) is 0 Å². The van der Waals surface area contributed by atoms with Gasteiger partial charge in [-0.15, -0.1) is 0 Å². The number of aryl methyl sites for hydroxylation is 2. The van der Waals surface area contributed by atoms with E-state index in [-0.39, 0.29) is 11.3 Å². The molecule has 0 heterocycles. The Balaban J connectivity index is 1.87. The summed E-state index contributed by atoms with van der Waals surface area (Å²) in [6.45, 7) is 3.79. The van der Waals surface area contributed by atoms with Gasteiger partial charge in [0, 0.05) is 11.3 Å². The predicted octanol–water partition coefficient (Wildman–Crippen LogP) is 4.99. The first-order valence-corrected chi connectivity index (χ1v) is 9.36. The minimum Gasteiger partial charge on any atom is -0.494 e.